The van der Waals surface area contributed by atoms with Crippen molar-refractivity contribution in [2.75, 3.05) is 6.61 Å². The molecule has 1 unspecified atom stereocenters. The average molecular weight is 278 g/mol. The fourth-order valence-corrected chi connectivity index (χ4v) is 0.973. The highest BCUT2D eigenvalue weighted by molar-refractivity contribution is 7.30. The van der Waals surface area contributed by atoms with Gasteiger partial charge in [-0.3, -0.25) is 0 Å². The van der Waals surface area contributed by atoms with Crippen LogP contribution >= 0.6 is 8.25 Å². The van der Waals surface area contributed by atoms with E-state index in [-0.39, 0.29) is 12.7 Å². The van der Waals surface area contributed by atoms with Crippen LogP contribution in [0.25, 0.3) is 0 Å². The summed E-state index contributed by atoms with van der Waals surface area (Å²) in [6, 6.07) is 0. The van der Waals surface area contributed by atoms with Crippen molar-refractivity contribution in [1.82, 2.24) is 0 Å². The van der Waals surface area contributed by atoms with Gasteiger partial charge in [0.15, 0.2) is 0 Å². The van der Waals surface area contributed by atoms with Crippen LogP contribution < -0.4 is 4.89 Å². The number of esters is 1. The van der Waals surface area contributed by atoms with Crippen molar-refractivity contribution >= 4 is 14.2 Å². The Hall–Kier alpha value is -0.770. The Morgan fingerprint density at radius 1 is 1.33 bits per heavy atom. The number of unbranched alkanes of at least 4 members (excludes halogenated alkanes) is 1. The van der Waals surface area contributed by atoms with E-state index in [1.54, 1.807) is 20.8 Å². The molecule has 0 aliphatic rings. The highest BCUT2D eigenvalue weighted by Gasteiger charge is 2.05. The van der Waals surface area contributed by atoms with Gasteiger partial charge in [0.25, 0.3) is 0 Å². The molecule has 0 radical (unpaired) electrons. The van der Waals surface area contributed by atoms with Gasteiger partial charge in [-0.1, -0.05) is 26.7 Å². The molecule has 1 atom stereocenters. The standard InChI is InChI=1S/C8H13O5P.C4H10/c1-6(2)13-8(9)4-7(3)5-12-14(10)11;1-3-4-2/h4,6H,5H2,1-3H3;3-4H2,1-2H3/b7-4+;. The molecule has 0 aromatic carbocycles. The molecule has 0 saturated carbocycles. The molecule has 0 aliphatic heterocycles. The Labute approximate surface area is 110 Å². The third-order valence-corrected chi connectivity index (χ3v) is 1.95. The summed E-state index contributed by atoms with van der Waals surface area (Å²) in [6.07, 6.45) is 3.65. The molecule has 0 bridgehead atoms. The molecule has 0 rings (SSSR count). The molecule has 0 aliphatic carbocycles. The molecule has 6 heteroatoms. The Morgan fingerprint density at radius 2 is 1.83 bits per heavy atom. The molecule has 0 aromatic rings. The van der Waals surface area contributed by atoms with Crippen LogP contribution in [0.3, 0.4) is 0 Å². The van der Waals surface area contributed by atoms with E-state index >= 15 is 0 Å². The molecule has 0 heterocycles. The molecule has 5 nitrogen and oxygen atoms in total. The maximum absolute atomic E-state index is 11.0. The number of carbonyl (C=O) groups is 1. The van der Waals surface area contributed by atoms with Crippen molar-refractivity contribution in [2.24, 2.45) is 0 Å². The zero-order chi connectivity index (χ0) is 14.6. The molecule has 106 valence electrons. The molecule has 0 amide bonds. The smallest absolute Gasteiger partial charge is 0.488 e. The van der Waals surface area contributed by atoms with Gasteiger partial charge >= 0.3 is 14.2 Å². The summed E-state index contributed by atoms with van der Waals surface area (Å²) in [5, 5.41) is 0. The summed E-state index contributed by atoms with van der Waals surface area (Å²) in [5.74, 6) is -0.498. The molecular weight excluding hydrogens is 255 g/mol. The fraction of sp³-hybridized carbons (Fsp3) is 0.750. The van der Waals surface area contributed by atoms with Gasteiger partial charge < -0.3 is 9.63 Å². The van der Waals surface area contributed by atoms with E-state index in [1.807, 2.05) is 0 Å². The van der Waals surface area contributed by atoms with Crippen LogP contribution in [0.1, 0.15) is 47.5 Å². The largest absolute Gasteiger partial charge is 0.566 e. The zero-order valence-electron chi connectivity index (χ0n) is 11.8. The lowest BCUT2D eigenvalue weighted by atomic mass is 10.3. The van der Waals surface area contributed by atoms with Crippen LogP contribution in [0.2, 0.25) is 0 Å². The second-order valence-corrected chi connectivity index (χ2v) is 4.68. The summed E-state index contributed by atoms with van der Waals surface area (Å²) in [6.45, 7) is 9.28. The first-order valence-corrected chi connectivity index (χ1v) is 7.08. The Balaban J connectivity index is 0. The van der Waals surface area contributed by atoms with Gasteiger partial charge in [0.1, 0.15) is 6.61 Å². The quantitative estimate of drug-likeness (QED) is 0.424. The van der Waals surface area contributed by atoms with Crippen LogP contribution in [0.15, 0.2) is 11.6 Å². The van der Waals surface area contributed by atoms with Crippen LogP contribution in [0, 0.1) is 0 Å². The summed E-state index contributed by atoms with van der Waals surface area (Å²) < 4.78 is 19.1. The lowest BCUT2D eigenvalue weighted by molar-refractivity contribution is -0.184. The fourth-order valence-electron chi connectivity index (χ4n) is 0.664. The third-order valence-electron chi connectivity index (χ3n) is 1.61. The highest BCUT2D eigenvalue weighted by atomic mass is 31.1. The molecule has 0 fully saturated rings. The predicted molar refractivity (Wildman–Crippen MR) is 69.1 cm³/mol. The van der Waals surface area contributed by atoms with Gasteiger partial charge in [-0.15, -0.1) is 4.52 Å². The number of hydrogen-bond acceptors (Lipinski definition) is 5. The number of carbonyl (C=O) groups excluding carboxylic acids is 1. The summed E-state index contributed by atoms with van der Waals surface area (Å²) in [4.78, 5) is 21.0. The predicted octanol–water partition coefficient (Wildman–Crippen LogP) is 2.73. The average Bonchev–Trinajstić information content (AvgIpc) is 2.25. The van der Waals surface area contributed by atoms with Gasteiger partial charge in [-0.05, 0) is 30.9 Å². The van der Waals surface area contributed by atoms with Crippen molar-refractivity contribution < 1.29 is 23.5 Å². The second-order valence-electron chi connectivity index (χ2n) is 3.97. The number of rotatable bonds is 6. The number of ether oxygens (including phenoxy) is 1. The second kappa shape index (κ2) is 12.7. The maximum Gasteiger partial charge on any atom is 0.488 e. The van der Waals surface area contributed by atoms with E-state index in [4.69, 9.17) is 4.74 Å². The topological polar surface area (TPSA) is 75.7 Å². The first-order chi connectivity index (χ1) is 8.33. The van der Waals surface area contributed by atoms with E-state index in [0.29, 0.717) is 5.57 Å². The minimum atomic E-state index is -2.87. The van der Waals surface area contributed by atoms with Gasteiger partial charge in [-0.2, -0.15) is 0 Å². The lowest BCUT2D eigenvalue weighted by Gasteiger charge is -2.04. The third kappa shape index (κ3) is 17.6. The monoisotopic (exact) mass is 278 g/mol. The lowest BCUT2D eigenvalue weighted by Crippen LogP contribution is -2.09. The molecule has 0 N–H and O–H groups in total. The SMILES string of the molecule is C/C(=C\C(=O)OC(C)C)CO[P+](=O)[O-].CCCC. The van der Waals surface area contributed by atoms with Crippen molar-refractivity contribution in [1.29, 1.82) is 0 Å². The molecule has 0 spiro atoms. The van der Waals surface area contributed by atoms with E-state index in [0.717, 1.165) is 0 Å². The van der Waals surface area contributed by atoms with E-state index in [9.17, 15) is 14.3 Å². The molecule has 0 aromatic heterocycles. The van der Waals surface area contributed by atoms with E-state index in [2.05, 4.69) is 18.4 Å². The van der Waals surface area contributed by atoms with Crippen LogP contribution in [0.4, 0.5) is 0 Å². The maximum atomic E-state index is 11.0. The molecule has 18 heavy (non-hydrogen) atoms. The Morgan fingerprint density at radius 3 is 2.17 bits per heavy atom. The highest BCUT2D eigenvalue weighted by Crippen LogP contribution is 2.10. The molecular formula is C12H23O5P. The first-order valence-electron chi connectivity index (χ1n) is 5.98. The summed E-state index contributed by atoms with van der Waals surface area (Å²) in [5.41, 5.74) is 0.495. The van der Waals surface area contributed by atoms with Crippen LogP contribution in [0.5, 0.6) is 0 Å². The van der Waals surface area contributed by atoms with E-state index in [1.165, 1.54) is 18.9 Å². The summed E-state index contributed by atoms with van der Waals surface area (Å²) in [7, 11) is -2.87. The molecule has 0 saturated heterocycles. The van der Waals surface area contributed by atoms with Crippen LogP contribution in [-0.4, -0.2) is 18.7 Å². The van der Waals surface area contributed by atoms with Crippen molar-refractivity contribution in [3.05, 3.63) is 11.6 Å². The van der Waals surface area contributed by atoms with Crippen LogP contribution in [-0.2, 0) is 18.6 Å². The Bertz CT molecular complexity index is 272. The van der Waals surface area contributed by atoms with Crippen molar-refractivity contribution in [3.63, 3.8) is 0 Å². The normalized spacial score (nSPS) is 11.7. The van der Waals surface area contributed by atoms with Gasteiger partial charge in [0.05, 0.1) is 6.10 Å². The van der Waals surface area contributed by atoms with Gasteiger partial charge in [-0.25, -0.2) is 4.79 Å². The minimum absolute atomic E-state index is 0.119. The van der Waals surface area contributed by atoms with E-state index < -0.39 is 14.2 Å². The summed E-state index contributed by atoms with van der Waals surface area (Å²) >= 11 is 0. The van der Waals surface area contributed by atoms with Crippen molar-refractivity contribution in [2.45, 2.75) is 53.6 Å². The van der Waals surface area contributed by atoms with Gasteiger partial charge in [0.2, 0.25) is 0 Å². The zero-order valence-corrected chi connectivity index (χ0v) is 12.7. The van der Waals surface area contributed by atoms with Crippen molar-refractivity contribution in [3.8, 4) is 0 Å². The minimum Gasteiger partial charge on any atom is -0.566 e. The number of hydrogen-bond donors (Lipinski definition) is 0. The first kappa shape index (κ1) is 19.6. The Kier molecular flexibility index (Phi) is 13.8. The van der Waals surface area contributed by atoms with Gasteiger partial charge in [0, 0.05) is 6.08 Å².